The van der Waals surface area contributed by atoms with Gasteiger partial charge in [0.15, 0.2) is 0 Å². The second kappa shape index (κ2) is 5.69. The molecule has 5 heteroatoms. The molecule has 1 aliphatic rings. The number of rotatable bonds is 3. The van der Waals surface area contributed by atoms with E-state index in [1.165, 1.54) is 0 Å². The highest BCUT2D eigenvalue weighted by molar-refractivity contribution is 5.94. The Morgan fingerprint density at radius 2 is 2.14 bits per heavy atom. The summed E-state index contributed by atoms with van der Waals surface area (Å²) in [5.74, 6) is 0.0879. The Labute approximate surface area is 124 Å². The number of benzene rings is 1. The van der Waals surface area contributed by atoms with Crippen molar-refractivity contribution in [2.75, 3.05) is 6.54 Å². The van der Waals surface area contributed by atoms with Crippen molar-refractivity contribution >= 4 is 5.91 Å². The molecule has 2 aromatic rings. The SMILES string of the molecule is Cn1cc(C2CCCN2C(=O)c2ccc(CN)cc2)cn1. The summed E-state index contributed by atoms with van der Waals surface area (Å²) >= 11 is 0. The average molecular weight is 284 g/mol. The first kappa shape index (κ1) is 13.8. The molecule has 1 aromatic heterocycles. The van der Waals surface area contributed by atoms with Gasteiger partial charge in [0.05, 0.1) is 12.2 Å². The van der Waals surface area contributed by atoms with Crippen LogP contribution in [0.25, 0.3) is 0 Å². The van der Waals surface area contributed by atoms with Crippen LogP contribution in [0.15, 0.2) is 36.7 Å². The Kier molecular flexibility index (Phi) is 3.75. The molecule has 1 saturated heterocycles. The Morgan fingerprint density at radius 1 is 1.38 bits per heavy atom. The fraction of sp³-hybridized carbons (Fsp3) is 0.375. The van der Waals surface area contributed by atoms with Gasteiger partial charge in [-0.2, -0.15) is 5.10 Å². The number of aromatic nitrogens is 2. The normalized spacial score (nSPS) is 18.2. The van der Waals surface area contributed by atoms with E-state index in [-0.39, 0.29) is 11.9 Å². The second-order valence-corrected chi connectivity index (χ2v) is 5.50. The highest BCUT2D eigenvalue weighted by Crippen LogP contribution is 2.32. The van der Waals surface area contributed by atoms with Crippen LogP contribution in [0.2, 0.25) is 0 Å². The van der Waals surface area contributed by atoms with Crippen molar-refractivity contribution in [1.82, 2.24) is 14.7 Å². The van der Waals surface area contributed by atoms with Crippen molar-refractivity contribution in [3.05, 3.63) is 53.3 Å². The van der Waals surface area contributed by atoms with Gasteiger partial charge < -0.3 is 10.6 Å². The zero-order valence-electron chi connectivity index (χ0n) is 12.2. The van der Waals surface area contributed by atoms with Crippen molar-refractivity contribution in [1.29, 1.82) is 0 Å². The molecule has 1 aliphatic heterocycles. The molecule has 0 saturated carbocycles. The van der Waals surface area contributed by atoms with E-state index < -0.39 is 0 Å². The maximum atomic E-state index is 12.7. The Hall–Kier alpha value is -2.14. The monoisotopic (exact) mass is 284 g/mol. The van der Waals surface area contributed by atoms with Gasteiger partial charge in [-0.05, 0) is 30.5 Å². The van der Waals surface area contributed by atoms with Crippen LogP contribution < -0.4 is 5.73 Å². The number of nitrogens with two attached hydrogens (primary N) is 1. The molecular weight excluding hydrogens is 264 g/mol. The number of carbonyl (C=O) groups is 1. The van der Waals surface area contributed by atoms with Gasteiger partial charge in [-0.1, -0.05) is 12.1 Å². The topological polar surface area (TPSA) is 64.2 Å². The maximum Gasteiger partial charge on any atom is 0.254 e. The fourth-order valence-corrected chi connectivity index (χ4v) is 2.92. The molecule has 1 amide bonds. The van der Waals surface area contributed by atoms with Gasteiger partial charge in [-0.15, -0.1) is 0 Å². The Bertz CT molecular complexity index is 632. The standard InChI is InChI=1S/C16H20N4O/c1-19-11-14(10-18-19)15-3-2-8-20(15)16(21)13-6-4-12(9-17)5-7-13/h4-7,10-11,15H,2-3,8-9,17H2,1H3. The van der Waals surface area contributed by atoms with Crippen LogP contribution in [0.5, 0.6) is 0 Å². The number of nitrogens with zero attached hydrogens (tertiary/aromatic N) is 3. The van der Waals surface area contributed by atoms with E-state index in [9.17, 15) is 4.79 Å². The molecular formula is C16H20N4O. The van der Waals surface area contributed by atoms with Gasteiger partial charge >= 0.3 is 0 Å². The van der Waals surface area contributed by atoms with Crippen molar-refractivity contribution in [3.8, 4) is 0 Å². The van der Waals surface area contributed by atoms with Crippen LogP contribution in [0, 0.1) is 0 Å². The van der Waals surface area contributed by atoms with Gasteiger partial charge in [-0.3, -0.25) is 9.48 Å². The van der Waals surface area contributed by atoms with Gasteiger partial charge in [0.2, 0.25) is 0 Å². The lowest BCUT2D eigenvalue weighted by Gasteiger charge is -2.24. The molecule has 3 rings (SSSR count). The summed E-state index contributed by atoms with van der Waals surface area (Å²) < 4.78 is 1.78. The third-order valence-corrected chi connectivity index (χ3v) is 4.06. The highest BCUT2D eigenvalue weighted by Gasteiger charge is 2.31. The minimum atomic E-state index is 0.0879. The largest absolute Gasteiger partial charge is 0.331 e. The molecule has 5 nitrogen and oxygen atoms in total. The summed E-state index contributed by atoms with van der Waals surface area (Å²) in [6.45, 7) is 1.30. The van der Waals surface area contributed by atoms with Gasteiger partial charge in [-0.25, -0.2) is 0 Å². The summed E-state index contributed by atoms with van der Waals surface area (Å²) in [4.78, 5) is 14.7. The zero-order valence-corrected chi connectivity index (χ0v) is 12.2. The third kappa shape index (κ3) is 2.69. The van der Waals surface area contributed by atoms with Crippen LogP contribution in [0.4, 0.5) is 0 Å². The first-order valence-electron chi connectivity index (χ1n) is 7.27. The van der Waals surface area contributed by atoms with Crippen LogP contribution in [0.1, 0.15) is 40.4 Å². The molecule has 0 bridgehead atoms. The lowest BCUT2D eigenvalue weighted by atomic mass is 10.1. The lowest BCUT2D eigenvalue weighted by Crippen LogP contribution is -2.30. The fourth-order valence-electron chi connectivity index (χ4n) is 2.92. The second-order valence-electron chi connectivity index (χ2n) is 5.50. The minimum absolute atomic E-state index is 0.0879. The Morgan fingerprint density at radius 3 is 2.76 bits per heavy atom. The van der Waals surface area contributed by atoms with Gasteiger partial charge in [0, 0.05) is 37.5 Å². The number of hydrogen-bond donors (Lipinski definition) is 1. The van der Waals surface area contributed by atoms with E-state index in [1.807, 2.05) is 48.6 Å². The van der Waals surface area contributed by atoms with E-state index in [1.54, 1.807) is 4.68 Å². The van der Waals surface area contributed by atoms with Crippen molar-refractivity contribution in [2.24, 2.45) is 12.8 Å². The highest BCUT2D eigenvalue weighted by atomic mass is 16.2. The summed E-state index contributed by atoms with van der Waals surface area (Å²) in [6, 6.07) is 7.71. The number of likely N-dealkylation sites (tertiary alicyclic amines) is 1. The van der Waals surface area contributed by atoms with Crippen LogP contribution >= 0.6 is 0 Å². The Balaban J connectivity index is 1.82. The number of aryl methyl sites for hydroxylation is 1. The first-order chi connectivity index (χ1) is 10.2. The molecule has 21 heavy (non-hydrogen) atoms. The summed E-state index contributed by atoms with van der Waals surface area (Å²) in [7, 11) is 1.90. The molecule has 110 valence electrons. The zero-order chi connectivity index (χ0) is 14.8. The molecule has 0 aliphatic carbocycles. The predicted molar refractivity (Wildman–Crippen MR) is 80.6 cm³/mol. The average Bonchev–Trinajstić information content (AvgIpc) is 3.15. The smallest absolute Gasteiger partial charge is 0.254 e. The molecule has 1 fully saturated rings. The summed E-state index contributed by atoms with van der Waals surface area (Å²) in [5.41, 5.74) is 8.47. The summed E-state index contributed by atoms with van der Waals surface area (Å²) in [5, 5.41) is 4.22. The van der Waals surface area contributed by atoms with E-state index in [0.29, 0.717) is 6.54 Å². The molecule has 1 aromatic carbocycles. The van der Waals surface area contributed by atoms with Gasteiger partial charge in [0.1, 0.15) is 0 Å². The van der Waals surface area contributed by atoms with E-state index in [2.05, 4.69) is 5.10 Å². The molecule has 2 N–H and O–H groups in total. The molecule has 1 atom stereocenters. The quantitative estimate of drug-likeness (QED) is 0.935. The van der Waals surface area contributed by atoms with Crippen LogP contribution in [0.3, 0.4) is 0 Å². The minimum Gasteiger partial charge on any atom is -0.331 e. The van der Waals surface area contributed by atoms with Crippen LogP contribution in [-0.4, -0.2) is 27.1 Å². The van der Waals surface area contributed by atoms with E-state index in [4.69, 9.17) is 5.73 Å². The maximum absolute atomic E-state index is 12.7. The molecule has 2 heterocycles. The number of hydrogen-bond acceptors (Lipinski definition) is 3. The van der Waals surface area contributed by atoms with Crippen molar-refractivity contribution in [2.45, 2.75) is 25.4 Å². The van der Waals surface area contributed by atoms with E-state index >= 15 is 0 Å². The number of carbonyl (C=O) groups excluding carboxylic acids is 1. The van der Waals surface area contributed by atoms with Crippen molar-refractivity contribution in [3.63, 3.8) is 0 Å². The predicted octanol–water partition coefficient (Wildman–Crippen LogP) is 1.86. The van der Waals surface area contributed by atoms with Crippen molar-refractivity contribution < 1.29 is 4.79 Å². The first-order valence-corrected chi connectivity index (χ1v) is 7.27. The van der Waals surface area contributed by atoms with E-state index in [0.717, 1.165) is 36.1 Å². The molecule has 1 unspecified atom stereocenters. The van der Waals surface area contributed by atoms with Crippen LogP contribution in [-0.2, 0) is 13.6 Å². The molecule has 0 spiro atoms. The third-order valence-electron chi connectivity index (χ3n) is 4.06. The number of amides is 1. The summed E-state index contributed by atoms with van der Waals surface area (Å²) in [6.07, 6.45) is 5.88. The molecule has 0 radical (unpaired) electrons. The van der Waals surface area contributed by atoms with Gasteiger partial charge in [0.25, 0.3) is 5.91 Å². The lowest BCUT2D eigenvalue weighted by molar-refractivity contribution is 0.0735.